The van der Waals surface area contributed by atoms with Crippen molar-refractivity contribution in [1.82, 2.24) is 0 Å². The van der Waals surface area contributed by atoms with Crippen LogP contribution in [0.2, 0.25) is 0 Å². The standard InChI is InChI=1S/C21H45NO/c1-3-5-6-7-8-9-10-11-12-13-14-15-16-17-20(4-2)21(23)18-19-22/h20-21,23H,3-19,22H2,1-2H3. The Kier molecular flexibility index (Phi) is 18.2. The third kappa shape index (κ3) is 15.2. The van der Waals surface area contributed by atoms with Gasteiger partial charge in [-0.3, -0.25) is 0 Å². The van der Waals surface area contributed by atoms with Crippen molar-refractivity contribution in [1.29, 1.82) is 0 Å². The molecule has 0 fully saturated rings. The van der Waals surface area contributed by atoms with Crippen LogP contribution >= 0.6 is 0 Å². The van der Waals surface area contributed by atoms with E-state index < -0.39 is 0 Å². The molecule has 0 bridgehead atoms. The van der Waals surface area contributed by atoms with Gasteiger partial charge in [0, 0.05) is 0 Å². The van der Waals surface area contributed by atoms with E-state index in [-0.39, 0.29) is 6.10 Å². The lowest BCUT2D eigenvalue weighted by Crippen LogP contribution is -2.23. The smallest absolute Gasteiger partial charge is 0.0580 e. The van der Waals surface area contributed by atoms with Crippen molar-refractivity contribution in [3.05, 3.63) is 0 Å². The van der Waals surface area contributed by atoms with Crippen LogP contribution in [0.15, 0.2) is 0 Å². The molecule has 0 aliphatic heterocycles. The summed E-state index contributed by atoms with van der Waals surface area (Å²) in [7, 11) is 0. The molecule has 0 aliphatic carbocycles. The highest BCUT2D eigenvalue weighted by Gasteiger charge is 2.15. The second-order valence-electron chi connectivity index (χ2n) is 7.34. The van der Waals surface area contributed by atoms with Crippen LogP contribution in [0, 0.1) is 5.92 Å². The van der Waals surface area contributed by atoms with Gasteiger partial charge in [0.05, 0.1) is 6.10 Å². The summed E-state index contributed by atoms with van der Waals surface area (Å²) in [6.07, 6.45) is 21.1. The Morgan fingerprint density at radius 2 is 1.09 bits per heavy atom. The first-order chi connectivity index (χ1) is 11.3. The number of nitrogens with two attached hydrogens (primary N) is 1. The monoisotopic (exact) mass is 327 g/mol. The van der Waals surface area contributed by atoms with Crippen LogP contribution in [0.5, 0.6) is 0 Å². The maximum absolute atomic E-state index is 10.0. The molecule has 0 rings (SSSR count). The van der Waals surface area contributed by atoms with Gasteiger partial charge in [0.25, 0.3) is 0 Å². The van der Waals surface area contributed by atoms with E-state index in [0.29, 0.717) is 12.5 Å². The molecule has 0 saturated heterocycles. The van der Waals surface area contributed by atoms with Crippen molar-refractivity contribution in [2.24, 2.45) is 11.7 Å². The molecule has 0 aromatic rings. The van der Waals surface area contributed by atoms with E-state index in [4.69, 9.17) is 5.73 Å². The molecule has 0 aromatic heterocycles. The van der Waals surface area contributed by atoms with Gasteiger partial charge in [-0.1, -0.05) is 104 Å². The predicted molar refractivity (Wildman–Crippen MR) is 104 cm³/mol. The normalized spacial score (nSPS) is 14.1. The second kappa shape index (κ2) is 18.3. The number of hydrogen-bond acceptors (Lipinski definition) is 2. The Hall–Kier alpha value is -0.0800. The van der Waals surface area contributed by atoms with Crippen LogP contribution < -0.4 is 5.73 Å². The SMILES string of the molecule is CCCCCCCCCCCCCCCC(CC)C(O)CCN. The summed E-state index contributed by atoms with van der Waals surface area (Å²) >= 11 is 0. The summed E-state index contributed by atoms with van der Waals surface area (Å²) in [6.45, 7) is 5.08. The topological polar surface area (TPSA) is 46.2 Å². The molecule has 0 radical (unpaired) electrons. The first kappa shape index (κ1) is 22.9. The van der Waals surface area contributed by atoms with Gasteiger partial charge in [-0.25, -0.2) is 0 Å². The molecular weight excluding hydrogens is 282 g/mol. The van der Waals surface area contributed by atoms with Crippen LogP contribution in [0.25, 0.3) is 0 Å². The molecule has 3 N–H and O–H groups in total. The Morgan fingerprint density at radius 1 is 0.652 bits per heavy atom. The lowest BCUT2D eigenvalue weighted by Gasteiger charge is -2.20. The minimum atomic E-state index is -0.178. The zero-order valence-electron chi connectivity index (χ0n) is 16.2. The average molecular weight is 328 g/mol. The van der Waals surface area contributed by atoms with Gasteiger partial charge in [0.1, 0.15) is 0 Å². The minimum Gasteiger partial charge on any atom is -0.393 e. The molecular formula is C21H45NO. The van der Waals surface area contributed by atoms with Crippen molar-refractivity contribution >= 4 is 0 Å². The van der Waals surface area contributed by atoms with Crippen LogP contribution in [-0.2, 0) is 0 Å². The molecule has 2 unspecified atom stereocenters. The second-order valence-corrected chi connectivity index (χ2v) is 7.34. The van der Waals surface area contributed by atoms with Crippen LogP contribution in [0.4, 0.5) is 0 Å². The molecule has 0 aliphatic rings. The van der Waals surface area contributed by atoms with E-state index in [9.17, 15) is 5.11 Å². The molecule has 0 aromatic carbocycles. The highest BCUT2D eigenvalue weighted by atomic mass is 16.3. The van der Waals surface area contributed by atoms with Crippen molar-refractivity contribution in [3.8, 4) is 0 Å². The van der Waals surface area contributed by atoms with E-state index in [1.807, 2.05) is 0 Å². The number of aliphatic hydroxyl groups is 1. The summed E-state index contributed by atoms with van der Waals surface area (Å²) < 4.78 is 0. The molecule has 0 spiro atoms. The quantitative estimate of drug-likeness (QED) is 0.294. The molecule has 0 amide bonds. The van der Waals surface area contributed by atoms with Crippen molar-refractivity contribution in [3.63, 3.8) is 0 Å². The lowest BCUT2D eigenvalue weighted by atomic mass is 9.91. The highest BCUT2D eigenvalue weighted by Crippen LogP contribution is 2.20. The van der Waals surface area contributed by atoms with Gasteiger partial charge in [-0.2, -0.15) is 0 Å². The number of aliphatic hydroxyl groups excluding tert-OH is 1. The molecule has 2 atom stereocenters. The summed E-state index contributed by atoms with van der Waals surface area (Å²) in [4.78, 5) is 0. The van der Waals surface area contributed by atoms with Crippen molar-refractivity contribution in [2.45, 2.75) is 123 Å². The molecule has 2 nitrogen and oxygen atoms in total. The van der Waals surface area contributed by atoms with Crippen LogP contribution in [0.1, 0.15) is 117 Å². The maximum atomic E-state index is 10.0. The molecule has 0 saturated carbocycles. The Bertz CT molecular complexity index is 220. The van der Waals surface area contributed by atoms with E-state index in [1.165, 1.54) is 89.9 Å². The van der Waals surface area contributed by atoms with Crippen LogP contribution in [-0.4, -0.2) is 17.8 Å². The van der Waals surface area contributed by atoms with Crippen molar-refractivity contribution < 1.29 is 5.11 Å². The summed E-state index contributed by atoms with van der Waals surface area (Å²) in [5, 5.41) is 10.0. The summed E-state index contributed by atoms with van der Waals surface area (Å²) in [6, 6.07) is 0. The Morgan fingerprint density at radius 3 is 1.48 bits per heavy atom. The Balaban J connectivity index is 3.26. The zero-order chi connectivity index (χ0) is 17.2. The minimum absolute atomic E-state index is 0.178. The largest absolute Gasteiger partial charge is 0.393 e. The van der Waals surface area contributed by atoms with Gasteiger partial charge in [-0.15, -0.1) is 0 Å². The fourth-order valence-electron chi connectivity index (χ4n) is 3.50. The van der Waals surface area contributed by atoms with Gasteiger partial charge in [0.2, 0.25) is 0 Å². The van der Waals surface area contributed by atoms with Gasteiger partial charge in [-0.05, 0) is 25.3 Å². The first-order valence-corrected chi connectivity index (χ1v) is 10.6. The number of rotatable bonds is 18. The van der Waals surface area contributed by atoms with Crippen molar-refractivity contribution in [2.75, 3.05) is 6.54 Å². The summed E-state index contributed by atoms with van der Waals surface area (Å²) in [5.74, 6) is 0.464. The Labute approximate surface area is 146 Å². The van der Waals surface area contributed by atoms with E-state index >= 15 is 0 Å². The average Bonchev–Trinajstić information content (AvgIpc) is 2.55. The van der Waals surface area contributed by atoms with Crippen LogP contribution in [0.3, 0.4) is 0 Å². The predicted octanol–water partition coefficient (Wildman–Crippen LogP) is 6.20. The van der Waals surface area contributed by atoms with E-state index in [2.05, 4.69) is 13.8 Å². The molecule has 2 heteroatoms. The number of hydrogen-bond donors (Lipinski definition) is 2. The fourth-order valence-corrected chi connectivity index (χ4v) is 3.50. The first-order valence-electron chi connectivity index (χ1n) is 10.6. The highest BCUT2D eigenvalue weighted by molar-refractivity contribution is 4.68. The third-order valence-electron chi connectivity index (χ3n) is 5.21. The molecule has 23 heavy (non-hydrogen) atoms. The maximum Gasteiger partial charge on any atom is 0.0580 e. The van der Waals surface area contributed by atoms with Gasteiger partial charge < -0.3 is 10.8 Å². The molecule has 140 valence electrons. The van der Waals surface area contributed by atoms with Gasteiger partial charge in [0.15, 0.2) is 0 Å². The zero-order valence-corrected chi connectivity index (χ0v) is 16.2. The lowest BCUT2D eigenvalue weighted by molar-refractivity contribution is 0.0922. The van der Waals surface area contributed by atoms with Gasteiger partial charge >= 0.3 is 0 Å². The van der Waals surface area contributed by atoms with E-state index in [0.717, 1.165) is 12.8 Å². The van der Waals surface area contributed by atoms with E-state index in [1.54, 1.807) is 0 Å². The fraction of sp³-hybridized carbons (Fsp3) is 1.00. The summed E-state index contributed by atoms with van der Waals surface area (Å²) in [5.41, 5.74) is 5.54. The number of unbranched alkanes of at least 4 members (excludes halogenated alkanes) is 12. The third-order valence-corrected chi connectivity index (χ3v) is 5.21. The molecule has 0 heterocycles.